The first kappa shape index (κ1) is 14.6. The summed E-state index contributed by atoms with van der Waals surface area (Å²) in [5.74, 6) is 0.105. The van der Waals surface area contributed by atoms with Crippen LogP contribution in [0.5, 0.6) is 0 Å². The number of carbonyl (C=O) groups is 2. The van der Waals surface area contributed by atoms with Gasteiger partial charge in [0.25, 0.3) is 0 Å². The smallest absolute Gasteiger partial charge is 0.246 e. The van der Waals surface area contributed by atoms with Gasteiger partial charge in [-0.05, 0) is 18.4 Å². The molecule has 4 nitrogen and oxygen atoms in total. The molecule has 0 spiro atoms. The van der Waals surface area contributed by atoms with Crippen LogP contribution in [0.2, 0.25) is 0 Å². The van der Waals surface area contributed by atoms with Crippen molar-refractivity contribution in [3.8, 4) is 0 Å². The predicted molar refractivity (Wildman–Crippen MR) is 78.1 cm³/mol. The van der Waals surface area contributed by atoms with Crippen LogP contribution in [0.25, 0.3) is 0 Å². The Morgan fingerprint density at radius 2 is 1.85 bits per heavy atom. The van der Waals surface area contributed by atoms with E-state index in [-0.39, 0.29) is 23.8 Å². The molecule has 0 radical (unpaired) electrons. The number of rotatable bonds is 4. The van der Waals surface area contributed by atoms with E-state index in [4.69, 9.17) is 0 Å². The lowest BCUT2D eigenvalue weighted by molar-refractivity contribution is -0.150. The van der Waals surface area contributed by atoms with Crippen molar-refractivity contribution in [1.82, 2.24) is 10.2 Å². The number of nitrogens with zero attached hydrogens (tertiary/aromatic N) is 1. The van der Waals surface area contributed by atoms with Crippen molar-refractivity contribution in [1.29, 1.82) is 0 Å². The number of piperazine rings is 1. The molecule has 1 saturated heterocycles. The molecule has 20 heavy (non-hydrogen) atoms. The van der Waals surface area contributed by atoms with E-state index in [1.165, 1.54) is 0 Å². The highest BCUT2D eigenvalue weighted by atomic mass is 16.2. The second-order valence-corrected chi connectivity index (χ2v) is 5.56. The van der Waals surface area contributed by atoms with Gasteiger partial charge in [0.1, 0.15) is 12.1 Å². The Bertz CT molecular complexity index is 485. The Morgan fingerprint density at radius 1 is 1.20 bits per heavy atom. The molecular weight excluding hydrogens is 252 g/mol. The number of hydrogen-bond donors (Lipinski definition) is 1. The highest BCUT2D eigenvalue weighted by Crippen LogP contribution is 2.19. The van der Waals surface area contributed by atoms with Gasteiger partial charge in [-0.2, -0.15) is 0 Å². The second-order valence-electron chi connectivity index (χ2n) is 5.56. The first-order valence-electron chi connectivity index (χ1n) is 7.19. The zero-order valence-electron chi connectivity index (χ0n) is 12.3. The minimum absolute atomic E-state index is 0.0228. The monoisotopic (exact) mass is 274 g/mol. The molecule has 4 heteroatoms. The molecule has 2 amide bonds. The summed E-state index contributed by atoms with van der Waals surface area (Å²) >= 11 is 0. The first-order chi connectivity index (χ1) is 9.54. The number of carbonyl (C=O) groups excluding carboxylic acids is 2. The first-order valence-corrected chi connectivity index (χ1v) is 7.19. The summed E-state index contributed by atoms with van der Waals surface area (Å²) in [6.07, 6.45) is 0.548. The number of nitrogens with one attached hydrogen (secondary N) is 1. The third kappa shape index (κ3) is 2.84. The summed E-state index contributed by atoms with van der Waals surface area (Å²) in [5.41, 5.74) is 1.06. The van der Waals surface area contributed by atoms with Gasteiger partial charge >= 0.3 is 0 Å². The van der Waals surface area contributed by atoms with E-state index >= 15 is 0 Å². The standard InChI is InChI=1S/C16H22N2O2/c1-4-18-14(11(2)3)15(19)17-13(16(18)20)10-12-8-6-5-7-9-12/h5-9,11,13-14H,4,10H2,1-3H3,(H,17,19). The molecule has 108 valence electrons. The molecule has 2 atom stereocenters. The number of likely N-dealkylation sites (N-methyl/N-ethyl adjacent to an activating group) is 1. The molecule has 2 rings (SSSR count). The van der Waals surface area contributed by atoms with Crippen molar-refractivity contribution < 1.29 is 9.59 Å². The normalized spacial score (nSPS) is 23.1. The molecule has 1 aromatic carbocycles. The molecule has 1 N–H and O–H groups in total. The van der Waals surface area contributed by atoms with E-state index in [2.05, 4.69) is 5.32 Å². The summed E-state index contributed by atoms with van der Waals surface area (Å²) in [6, 6.07) is 8.99. The molecule has 0 aromatic heterocycles. The maximum Gasteiger partial charge on any atom is 0.246 e. The van der Waals surface area contributed by atoms with Gasteiger partial charge in [0.2, 0.25) is 11.8 Å². The fourth-order valence-corrected chi connectivity index (χ4v) is 2.80. The molecule has 1 aromatic rings. The molecule has 1 aliphatic heterocycles. The van der Waals surface area contributed by atoms with Gasteiger partial charge in [-0.1, -0.05) is 44.2 Å². The van der Waals surface area contributed by atoms with Crippen LogP contribution >= 0.6 is 0 Å². The maximum absolute atomic E-state index is 12.5. The van der Waals surface area contributed by atoms with E-state index in [1.54, 1.807) is 4.90 Å². The van der Waals surface area contributed by atoms with Gasteiger partial charge in [-0.15, -0.1) is 0 Å². The van der Waals surface area contributed by atoms with Gasteiger partial charge in [0.15, 0.2) is 0 Å². The summed E-state index contributed by atoms with van der Waals surface area (Å²) < 4.78 is 0. The van der Waals surface area contributed by atoms with Gasteiger partial charge < -0.3 is 10.2 Å². The van der Waals surface area contributed by atoms with E-state index in [1.807, 2.05) is 51.1 Å². The molecule has 2 unspecified atom stereocenters. The Balaban J connectivity index is 2.17. The number of hydrogen-bond acceptors (Lipinski definition) is 2. The zero-order chi connectivity index (χ0) is 14.7. The van der Waals surface area contributed by atoms with Crippen molar-refractivity contribution in [2.45, 2.75) is 39.3 Å². The van der Waals surface area contributed by atoms with E-state index in [0.29, 0.717) is 13.0 Å². The average Bonchev–Trinajstić information content (AvgIpc) is 2.42. The number of benzene rings is 1. The lowest BCUT2D eigenvalue weighted by Gasteiger charge is -2.40. The quantitative estimate of drug-likeness (QED) is 0.906. The van der Waals surface area contributed by atoms with E-state index < -0.39 is 6.04 Å². The molecular formula is C16H22N2O2. The van der Waals surface area contributed by atoms with Crippen LogP contribution in [0.1, 0.15) is 26.3 Å². The van der Waals surface area contributed by atoms with Crippen molar-refractivity contribution in [2.75, 3.05) is 6.54 Å². The minimum Gasteiger partial charge on any atom is -0.342 e. The van der Waals surface area contributed by atoms with Crippen molar-refractivity contribution >= 4 is 11.8 Å². The Kier molecular flexibility index (Phi) is 4.42. The highest BCUT2D eigenvalue weighted by molar-refractivity contribution is 5.97. The third-order valence-corrected chi connectivity index (χ3v) is 3.76. The second kappa shape index (κ2) is 6.07. The van der Waals surface area contributed by atoms with Crippen molar-refractivity contribution in [3.63, 3.8) is 0 Å². The molecule has 1 aliphatic rings. The van der Waals surface area contributed by atoms with Crippen molar-refractivity contribution in [3.05, 3.63) is 35.9 Å². The lowest BCUT2D eigenvalue weighted by atomic mass is 9.94. The third-order valence-electron chi connectivity index (χ3n) is 3.76. The molecule has 1 fully saturated rings. The Labute approximate surface area is 120 Å². The fourth-order valence-electron chi connectivity index (χ4n) is 2.80. The van der Waals surface area contributed by atoms with E-state index in [0.717, 1.165) is 5.56 Å². The van der Waals surface area contributed by atoms with Gasteiger partial charge in [-0.25, -0.2) is 0 Å². The van der Waals surface area contributed by atoms with Gasteiger partial charge in [-0.3, -0.25) is 9.59 Å². The minimum atomic E-state index is -0.445. The zero-order valence-corrected chi connectivity index (χ0v) is 12.3. The Hall–Kier alpha value is -1.84. The van der Waals surface area contributed by atoms with Crippen LogP contribution < -0.4 is 5.32 Å². The SMILES string of the molecule is CCN1C(=O)C(Cc2ccccc2)NC(=O)C1C(C)C. The summed E-state index contributed by atoms with van der Waals surface area (Å²) in [5, 5.41) is 2.88. The van der Waals surface area contributed by atoms with Crippen LogP contribution in [0.15, 0.2) is 30.3 Å². The predicted octanol–water partition coefficient (Wildman–Crippen LogP) is 1.60. The maximum atomic E-state index is 12.5. The van der Waals surface area contributed by atoms with Crippen LogP contribution in [-0.4, -0.2) is 35.3 Å². The van der Waals surface area contributed by atoms with Gasteiger partial charge in [0, 0.05) is 13.0 Å². The topological polar surface area (TPSA) is 49.4 Å². The molecule has 0 aliphatic carbocycles. The van der Waals surface area contributed by atoms with E-state index in [9.17, 15) is 9.59 Å². The summed E-state index contributed by atoms with van der Waals surface area (Å²) in [7, 11) is 0. The highest BCUT2D eigenvalue weighted by Gasteiger charge is 2.40. The van der Waals surface area contributed by atoms with Crippen LogP contribution in [0.3, 0.4) is 0 Å². The molecule has 1 heterocycles. The van der Waals surface area contributed by atoms with Crippen LogP contribution in [0.4, 0.5) is 0 Å². The fraction of sp³-hybridized carbons (Fsp3) is 0.500. The largest absolute Gasteiger partial charge is 0.342 e. The summed E-state index contributed by atoms with van der Waals surface area (Å²) in [4.78, 5) is 26.5. The lowest BCUT2D eigenvalue weighted by Crippen LogP contribution is -2.65. The van der Waals surface area contributed by atoms with Gasteiger partial charge in [0.05, 0.1) is 0 Å². The number of amides is 2. The molecule has 0 bridgehead atoms. The van der Waals surface area contributed by atoms with Crippen LogP contribution in [-0.2, 0) is 16.0 Å². The summed E-state index contributed by atoms with van der Waals surface area (Å²) in [6.45, 7) is 6.43. The molecule has 0 saturated carbocycles. The Morgan fingerprint density at radius 3 is 2.40 bits per heavy atom. The van der Waals surface area contributed by atoms with Crippen LogP contribution in [0, 0.1) is 5.92 Å². The average molecular weight is 274 g/mol. The van der Waals surface area contributed by atoms with Crippen molar-refractivity contribution in [2.24, 2.45) is 5.92 Å².